The van der Waals surface area contributed by atoms with E-state index >= 15 is 0 Å². The van der Waals surface area contributed by atoms with Gasteiger partial charge in [-0.05, 0) is 63.1 Å². The number of hydrogen-bond acceptors (Lipinski definition) is 2. The second-order valence-corrected chi connectivity index (χ2v) is 10.8. The van der Waals surface area contributed by atoms with Crippen molar-refractivity contribution in [2.75, 3.05) is 0 Å². The van der Waals surface area contributed by atoms with E-state index in [1.165, 1.54) is 27.4 Å². The largest absolute Gasteiger partial charge is 0.488 e. The molecule has 8 rings (SSSR count). The molecule has 6 aromatic carbocycles. The molecule has 1 aliphatic carbocycles. The van der Waals surface area contributed by atoms with E-state index in [1.54, 1.807) is 0 Å². The predicted molar refractivity (Wildman–Crippen MR) is 168 cm³/mol. The first-order valence-corrected chi connectivity index (χ1v) is 13.9. The Balaban J connectivity index is 1.51. The highest BCUT2D eigenvalue weighted by Gasteiger charge is 2.46. The zero-order chi connectivity index (χ0) is 27.6. The van der Waals surface area contributed by atoms with Crippen LogP contribution >= 0.6 is 0 Å². The third-order valence-electron chi connectivity index (χ3n) is 8.69. The molecule has 4 heteroatoms. The summed E-state index contributed by atoms with van der Waals surface area (Å²) in [6.45, 7) is 0. The van der Waals surface area contributed by atoms with Crippen LogP contribution in [0.4, 0.5) is 0 Å². The lowest BCUT2D eigenvalue weighted by molar-refractivity contribution is 0.425. The first kappa shape index (κ1) is 23.9. The summed E-state index contributed by atoms with van der Waals surface area (Å²) < 4.78 is 2.36. The molecule has 7 aromatic rings. The molecule has 0 saturated heterocycles. The maximum atomic E-state index is 10.2. The Morgan fingerprint density at radius 2 is 0.976 bits per heavy atom. The number of rotatable bonds is 4. The van der Waals surface area contributed by atoms with Gasteiger partial charge in [-0.2, -0.15) is 0 Å². The van der Waals surface area contributed by atoms with E-state index in [0.717, 1.165) is 33.5 Å². The van der Waals surface area contributed by atoms with Crippen LogP contribution in [0.5, 0.6) is 0 Å². The van der Waals surface area contributed by atoms with Crippen molar-refractivity contribution in [3.05, 3.63) is 168 Å². The van der Waals surface area contributed by atoms with E-state index in [0.29, 0.717) is 5.46 Å². The normalized spacial score (nSPS) is 13.3. The van der Waals surface area contributed by atoms with E-state index in [-0.39, 0.29) is 0 Å². The minimum absolute atomic E-state index is 0.482. The molecule has 0 amide bonds. The fourth-order valence-electron chi connectivity index (χ4n) is 6.99. The lowest BCUT2D eigenvalue weighted by atomic mass is 9.66. The zero-order valence-corrected chi connectivity index (χ0v) is 22.3. The molecule has 2 N–H and O–H groups in total. The van der Waals surface area contributed by atoms with Crippen molar-refractivity contribution in [1.82, 2.24) is 4.57 Å². The molecule has 41 heavy (non-hydrogen) atoms. The van der Waals surface area contributed by atoms with Gasteiger partial charge >= 0.3 is 7.12 Å². The molecule has 0 spiro atoms. The van der Waals surface area contributed by atoms with Crippen molar-refractivity contribution in [3.63, 3.8) is 0 Å². The van der Waals surface area contributed by atoms with Crippen LogP contribution < -0.4 is 5.46 Å². The lowest BCUT2D eigenvalue weighted by Gasteiger charge is -2.34. The van der Waals surface area contributed by atoms with Crippen molar-refractivity contribution in [2.45, 2.75) is 5.41 Å². The average molecular weight is 527 g/mol. The van der Waals surface area contributed by atoms with Gasteiger partial charge in [-0.3, -0.25) is 0 Å². The highest BCUT2D eigenvalue weighted by Crippen LogP contribution is 2.56. The SMILES string of the molecule is OB(O)c1ccc2c(c1)C(c1ccccc1)(c1ccccc1)c1cc(-n3c4ccccc4c4ccccc43)ccc1-2. The van der Waals surface area contributed by atoms with Crippen molar-refractivity contribution < 1.29 is 10.0 Å². The number of benzene rings is 6. The van der Waals surface area contributed by atoms with Gasteiger partial charge in [0.05, 0.1) is 16.4 Å². The highest BCUT2D eigenvalue weighted by atomic mass is 16.4. The second kappa shape index (κ2) is 9.07. The number of hydrogen-bond donors (Lipinski definition) is 2. The second-order valence-electron chi connectivity index (χ2n) is 10.8. The van der Waals surface area contributed by atoms with Crippen LogP contribution in [0.3, 0.4) is 0 Å². The van der Waals surface area contributed by atoms with Crippen LogP contribution in [-0.4, -0.2) is 21.7 Å². The first-order chi connectivity index (χ1) is 20.2. The molecule has 0 atom stereocenters. The highest BCUT2D eigenvalue weighted by molar-refractivity contribution is 6.58. The maximum Gasteiger partial charge on any atom is 0.488 e. The van der Waals surface area contributed by atoms with Gasteiger partial charge in [-0.15, -0.1) is 0 Å². The van der Waals surface area contributed by atoms with Crippen molar-refractivity contribution in [2.24, 2.45) is 0 Å². The summed E-state index contributed by atoms with van der Waals surface area (Å²) in [5, 5.41) is 22.9. The molecule has 0 aliphatic heterocycles. The summed E-state index contributed by atoms with van der Waals surface area (Å²) in [5.41, 5.74) is 10.0. The van der Waals surface area contributed by atoms with Crippen LogP contribution in [-0.2, 0) is 5.41 Å². The molecular formula is C37H26BNO2. The predicted octanol–water partition coefficient (Wildman–Crippen LogP) is 6.83. The Morgan fingerprint density at radius 3 is 1.54 bits per heavy atom. The van der Waals surface area contributed by atoms with Crippen LogP contribution in [0, 0.1) is 0 Å². The van der Waals surface area contributed by atoms with Crippen molar-refractivity contribution in [1.29, 1.82) is 0 Å². The Kier molecular flexibility index (Phi) is 5.30. The van der Waals surface area contributed by atoms with E-state index in [4.69, 9.17) is 0 Å². The lowest BCUT2D eigenvalue weighted by Crippen LogP contribution is -2.33. The van der Waals surface area contributed by atoms with Gasteiger partial charge in [0.25, 0.3) is 0 Å². The Bertz CT molecular complexity index is 1990. The molecular weight excluding hydrogens is 501 g/mol. The summed E-state index contributed by atoms with van der Waals surface area (Å²) >= 11 is 0. The maximum absolute atomic E-state index is 10.2. The molecule has 194 valence electrons. The first-order valence-electron chi connectivity index (χ1n) is 13.9. The van der Waals surface area contributed by atoms with Gasteiger partial charge in [-0.25, -0.2) is 0 Å². The van der Waals surface area contributed by atoms with Gasteiger partial charge in [0, 0.05) is 16.5 Å². The summed E-state index contributed by atoms with van der Waals surface area (Å²) in [7, 11) is -1.55. The number of aromatic nitrogens is 1. The van der Waals surface area contributed by atoms with E-state index in [2.05, 4.69) is 120 Å². The summed E-state index contributed by atoms with van der Waals surface area (Å²) in [6, 6.07) is 50.9. The van der Waals surface area contributed by atoms with Gasteiger partial charge in [0.15, 0.2) is 0 Å². The molecule has 0 fully saturated rings. The monoisotopic (exact) mass is 527 g/mol. The number of fused-ring (bicyclic) bond motifs is 6. The van der Waals surface area contributed by atoms with Crippen molar-refractivity contribution >= 4 is 34.4 Å². The Morgan fingerprint density at radius 1 is 0.488 bits per heavy atom. The standard InChI is InChI=1S/C37H26BNO2/c40-38(41)27-19-21-29-30-22-20-28(39-35-17-9-7-15-31(35)32-16-8-10-18-36(32)39)24-34(30)37(33(29)23-27,25-11-3-1-4-12-25)26-13-5-2-6-14-26/h1-24,40-41H. The number of nitrogens with zero attached hydrogens (tertiary/aromatic N) is 1. The number of para-hydroxylation sites is 2. The molecule has 0 radical (unpaired) electrons. The van der Waals surface area contributed by atoms with Crippen LogP contribution in [0.15, 0.2) is 146 Å². The molecule has 0 unspecified atom stereocenters. The molecule has 1 aromatic heterocycles. The van der Waals surface area contributed by atoms with Crippen LogP contribution in [0.2, 0.25) is 0 Å². The fourth-order valence-corrected chi connectivity index (χ4v) is 6.99. The van der Waals surface area contributed by atoms with Gasteiger partial charge in [0.1, 0.15) is 0 Å². The molecule has 3 nitrogen and oxygen atoms in total. The van der Waals surface area contributed by atoms with E-state index < -0.39 is 12.5 Å². The Hall–Kier alpha value is -4.90. The topological polar surface area (TPSA) is 45.4 Å². The smallest absolute Gasteiger partial charge is 0.423 e. The molecule has 1 aliphatic rings. The van der Waals surface area contributed by atoms with Crippen molar-refractivity contribution in [3.8, 4) is 16.8 Å². The minimum Gasteiger partial charge on any atom is -0.423 e. The Labute approximate surface area is 238 Å². The summed E-state index contributed by atoms with van der Waals surface area (Å²) in [6.07, 6.45) is 0. The van der Waals surface area contributed by atoms with Gasteiger partial charge in [0.2, 0.25) is 0 Å². The summed E-state index contributed by atoms with van der Waals surface area (Å²) in [4.78, 5) is 0. The molecule has 0 bridgehead atoms. The fraction of sp³-hybridized carbons (Fsp3) is 0.0270. The van der Waals surface area contributed by atoms with Crippen LogP contribution in [0.25, 0.3) is 38.6 Å². The quantitative estimate of drug-likeness (QED) is 0.247. The molecule has 0 saturated carbocycles. The van der Waals surface area contributed by atoms with E-state index in [1.807, 2.05) is 30.3 Å². The van der Waals surface area contributed by atoms with E-state index in [9.17, 15) is 10.0 Å². The summed E-state index contributed by atoms with van der Waals surface area (Å²) in [5.74, 6) is 0. The third-order valence-corrected chi connectivity index (χ3v) is 8.69. The average Bonchev–Trinajstić information content (AvgIpc) is 3.52. The molecule has 1 heterocycles. The third kappa shape index (κ3) is 3.35. The zero-order valence-electron chi connectivity index (χ0n) is 22.3. The van der Waals surface area contributed by atoms with Gasteiger partial charge in [-0.1, -0.05) is 121 Å². The minimum atomic E-state index is -1.55. The van der Waals surface area contributed by atoms with Crippen LogP contribution in [0.1, 0.15) is 22.3 Å². The van der Waals surface area contributed by atoms with Gasteiger partial charge < -0.3 is 14.6 Å².